The minimum Gasteiger partial charge on any atom is -0.471 e. The molecule has 180 valence electrons. The number of carbonyl (C=O) groups is 2. The molecule has 9 atom stereocenters. The van der Waals surface area contributed by atoms with Gasteiger partial charge in [-0.25, -0.2) is 9.59 Å². The van der Waals surface area contributed by atoms with Crippen LogP contribution in [0.2, 0.25) is 0 Å². The number of hydrogen-bond acceptors (Lipinski definition) is 13. The highest BCUT2D eigenvalue weighted by Gasteiger charge is 2.60. The maximum atomic E-state index is 12.1. The van der Waals surface area contributed by atoms with Crippen molar-refractivity contribution in [2.75, 3.05) is 20.8 Å². The van der Waals surface area contributed by atoms with Gasteiger partial charge in [0.1, 0.15) is 54.6 Å². The Balaban J connectivity index is 1.82. The van der Waals surface area contributed by atoms with Crippen LogP contribution in [0.3, 0.4) is 0 Å². The van der Waals surface area contributed by atoms with Crippen molar-refractivity contribution in [3.8, 4) is 0 Å². The number of hydrogen-bond donors (Lipinski definition) is 5. The average molecular weight is 462 g/mol. The van der Waals surface area contributed by atoms with Crippen LogP contribution in [0.15, 0.2) is 23.5 Å². The zero-order valence-corrected chi connectivity index (χ0v) is 17.5. The zero-order valence-electron chi connectivity index (χ0n) is 17.5. The van der Waals surface area contributed by atoms with Gasteiger partial charge in [-0.3, -0.25) is 0 Å². The Bertz CT molecular complexity index is 794. The van der Waals surface area contributed by atoms with Gasteiger partial charge >= 0.3 is 12.1 Å². The van der Waals surface area contributed by atoms with Gasteiger partial charge in [-0.2, -0.15) is 0 Å². The summed E-state index contributed by atoms with van der Waals surface area (Å²) in [5, 5.41) is 52.2. The number of carbonyl (C=O) groups excluding carboxylic acids is 2. The molecular formula is C19H26O13. The first kappa shape index (κ1) is 24.4. The Hall–Kier alpha value is -2.26. The van der Waals surface area contributed by atoms with Crippen LogP contribution in [0.1, 0.15) is 6.92 Å². The summed E-state index contributed by atoms with van der Waals surface area (Å²) in [5.41, 5.74) is -2.07. The summed E-state index contributed by atoms with van der Waals surface area (Å²) in [6.45, 7) is 1.04. The average Bonchev–Trinajstić information content (AvgIpc) is 3.01. The van der Waals surface area contributed by atoms with Crippen molar-refractivity contribution in [1.29, 1.82) is 0 Å². The Kier molecular flexibility index (Phi) is 7.09. The van der Waals surface area contributed by atoms with E-state index in [1.807, 2.05) is 0 Å². The molecule has 5 N–H and O–H groups in total. The van der Waals surface area contributed by atoms with Gasteiger partial charge in [0.2, 0.25) is 6.29 Å². The fourth-order valence-corrected chi connectivity index (χ4v) is 4.01. The van der Waals surface area contributed by atoms with Crippen molar-refractivity contribution in [1.82, 2.24) is 0 Å². The van der Waals surface area contributed by atoms with Gasteiger partial charge in [0.05, 0.1) is 20.1 Å². The van der Waals surface area contributed by atoms with Crippen molar-refractivity contribution >= 4 is 12.1 Å². The quantitative estimate of drug-likeness (QED) is 0.216. The third-order valence-electron chi connectivity index (χ3n) is 5.73. The summed E-state index contributed by atoms with van der Waals surface area (Å²) >= 11 is 0. The molecule has 1 aliphatic carbocycles. The van der Waals surface area contributed by atoms with Gasteiger partial charge in [0.15, 0.2) is 6.29 Å². The second-order valence-electron chi connectivity index (χ2n) is 7.60. The van der Waals surface area contributed by atoms with Crippen LogP contribution in [-0.2, 0) is 33.2 Å². The molecule has 2 aliphatic heterocycles. The van der Waals surface area contributed by atoms with Gasteiger partial charge in [-0.15, -0.1) is 0 Å². The topological polar surface area (TPSA) is 191 Å². The van der Waals surface area contributed by atoms with E-state index in [0.717, 1.165) is 20.5 Å². The monoisotopic (exact) mass is 462 g/mol. The molecule has 0 spiro atoms. The molecular weight excluding hydrogens is 436 g/mol. The van der Waals surface area contributed by atoms with Gasteiger partial charge < -0.3 is 54.0 Å². The van der Waals surface area contributed by atoms with E-state index in [0.29, 0.717) is 5.57 Å². The number of esters is 1. The van der Waals surface area contributed by atoms with Crippen LogP contribution < -0.4 is 0 Å². The largest absolute Gasteiger partial charge is 0.508 e. The maximum Gasteiger partial charge on any atom is 0.508 e. The van der Waals surface area contributed by atoms with Crippen LogP contribution >= 0.6 is 0 Å². The molecule has 0 radical (unpaired) electrons. The first-order chi connectivity index (χ1) is 15.1. The third kappa shape index (κ3) is 4.08. The summed E-state index contributed by atoms with van der Waals surface area (Å²) in [6, 6.07) is 0. The first-order valence-corrected chi connectivity index (χ1v) is 9.65. The molecule has 0 unspecified atom stereocenters. The minimum atomic E-state index is -2.15. The summed E-state index contributed by atoms with van der Waals surface area (Å²) < 4.78 is 30.2. The molecule has 0 bridgehead atoms. The van der Waals surface area contributed by atoms with Crippen LogP contribution in [0.5, 0.6) is 0 Å². The molecule has 32 heavy (non-hydrogen) atoms. The van der Waals surface area contributed by atoms with Crippen LogP contribution in [0.25, 0.3) is 0 Å². The maximum absolute atomic E-state index is 12.1. The van der Waals surface area contributed by atoms with Crippen molar-refractivity contribution in [3.05, 3.63) is 23.5 Å². The lowest BCUT2D eigenvalue weighted by Crippen LogP contribution is -2.62. The van der Waals surface area contributed by atoms with Crippen molar-refractivity contribution in [2.24, 2.45) is 5.92 Å². The highest BCUT2D eigenvalue weighted by molar-refractivity contribution is 5.91. The fraction of sp³-hybridized carbons (Fsp3) is 0.684. The van der Waals surface area contributed by atoms with E-state index >= 15 is 0 Å². The summed E-state index contributed by atoms with van der Waals surface area (Å²) in [6.07, 6.45) is -9.76. The predicted octanol–water partition coefficient (Wildman–Crippen LogP) is -2.33. The van der Waals surface area contributed by atoms with E-state index in [1.54, 1.807) is 6.92 Å². The number of aliphatic hydroxyl groups excluding tert-OH is 4. The summed E-state index contributed by atoms with van der Waals surface area (Å²) in [7, 11) is 2.18. The minimum absolute atomic E-state index is 0.338. The van der Waals surface area contributed by atoms with Gasteiger partial charge in [0, 0.05) is 0 Å². The number of rotatable bonds is 5. The highest BCUT2D eigenvalue weighted by Crippen LogP contribution is 2.47. The fourth-order valence-electron chi connectivity index (χ4n) is 4.01. The Morgan fingerprint density at radius 1 is 1.06 bits per heavy atom. The molecule has 0 aromatic rings. The second kappa shape index (κ2) is 9.31. The number of aliphatic hydroxyl groups is 5. The molecule has 3 rings (SSSR count). The smallest absolute Gasteiger partial charge is 0.471 e. The highest BCUT2D eigenvalue weighted by atomic mass is 16.8. The van der Waals surface area contributed by atoms with E-state index < -0.39 is 73.4 Å². The van der Waals surface area contributed by atoms with Crippen LogP contribution in [0, 0.1) is 5.92 Å². The zero-order chi connectivity index (χ0) is 23.8. The van der Waals surface area contributed by atoms with Crippen molar-refractivity contribution in [2.45, 2.75) is 55.6 Å². The Morgan fingerprint density at radius 3 is 2.38 bits per heavy atom. The van der Waals surface area contributed by atoms with E-state index in [2.05, 4.69) is 9.47 Å². The Labute approximate surface area is 182 Å². The second-order valence-corrected chi connectivity index (χ2v) is 7.60. The molecule has 0 aromatic heterocycles. The van der Waals surface area contributed by atoms with E-state index in [9.17, 15) is 35.1 Å². The molecule has 2 heterocycles. The lowest BCUT2D eigenvalue weighted by Gasteiger charge is -2.45. The van der Waals surface area contributed by atoms with Crippen molar-refractivity contribution in [3.63, 3.8) is 0 Å². The predicted molar refractivity (Wildman–Crippen MR) is 99.3 cm³/mol. The van der Waals surface area contributed by atoms with Crippen LogP contribution in [0.4, 0.5) is 4.79 Å². The van der Waals surface area contributed by atoms with Crippen LogP contribution in [-0.4, -0.2) is 107 Å². The van der Waals surface area contributed by atoms with E-state index in [-0.39, 0.29) is 5.57 Å². The van der Waals surface area contributed by atoms with Gasteiger partial charge in [-0.05, 0) is 6.92 Å². The SMILES string of the molecule is COC(=O)OC[C@H]1O[C@@H](O[C@@H]2OC=C(C(=O)OC)[C@@]3(O)[C@H](O)C=C(C)[C@@H]23)[C@H](O)[C@@H](O)[C@@H]1O. The molecule has 0 saturated carbocycles. The van der Waals surface area contributed by atoms with E-state index in [4.69, 9.17) is 18.9 Å². The molecule has 0 amide bonds. The Morgan fingerprint density at radius 2 is 1.75 bits per heavy atom. The number of methoxy groups -OCH3 is 2. The molecule has 1 saturated heterocycles. The van der Waals surface area contributed by atoms with Crippen molar-refractivity contribution < 1.29 is 63.5 Å². The number of ether oxygens (including phenoxy) is 6. The molecule has 3 aliphatic rings. The molecule has 0 aromatic carbocycles. The lowest BCUT2D eigenvalue weighted by atomic mass is 9.78. The summed E-state index contributed by atoms with van der Waals surface area (Å²) in [5.74, 6) is -2.04. The molecule has 1 fully saturated rings. The number of fused-ring (bicyclic) bond motifs is 1. The normalized spacial score (nSPS) is 41.0. The lowest BCUT2D eigenvalue weighted by molar-refractivity contribution is -0.344. The first-order valence-electron chi connectivity index (χ1n) is 9.65. The standard InChI is InChI=1S/C19H26O13/c1-7-4-10(20)19(26)8(15(24)27-2)5-29-16(11(7)19)32-17-14(23)13(22)12(21)9(31-17)6-30-18(25)28-3/h4-5,9-14,16-17,20-23,26H,6H2,1-3H3/t9-,10-,11+,12-,13+,14-,16+,17+,19-/m1/s1. The van der Waals surface area contributed by atoms with Gasteiger partial charge in [-0.1, -0.05) is 11.6 Å². The van der Waals surface area contributed by atoms with Gasteiger partial charge in [0.25, 0.3) is 0 Å². The summed E-state index contributed by atoms with van der Waals surface area (Å²) in [4.78, 5) is 23.3. The van der Waals surface area contributed by atoms with E-state index in [1.165, 1.54) is 6.08 Å². The molecule has 13 heteroatoms. The molecule has 13 nitrogen and oxygen atoms in total. The third-order valence-corrected chi connectivity index (χ3v) is 5.73.